The van der Waals surface area contributed by atoms with E-state index in [1.54, 1.807) is 0 Å². The number of benzene rings is 2. The molecule has 110 valence electrons. The highest BCUT2D eigenvalue weighted by Gasteiger charge is 2.07. The Kier molecular flexibility index (Phi) is 5.81. The van der Waals surface area contributed by atoms with Crippen LogP contribution in [0.5, 0.6) is 0 Å². The summed E-state index contributed by atoms with van der Waals surface area (Å²) in [6, 6.07) is 17.9. The van der Waals surface area contributed by atoms with Gasteiger partial charge in [-0.15, -0.1) is 0 Å². The third-order valence-corrected chi connectivity index (χ3v) is 3.80. The van der Waals surface area contributed by atoms with Crippen molar-refractivity contribution in [2.75, 3.05) is 18.4 Å². The third kappa shape index (κ3) is 5.23. The van der Waals surface area contributed by atoms with Crippen LogP contribution in [-0.2, 0) is 4.79 Å². The second kappa shape index (κ2) is 7.84. The minimum absolute atomic E-state index is 0.000648. The van der Waals surface area contributed by atoms with Gasteiger partial charge >= 0.3 is 0 Å². The van der Waals surface area contributed by atoms with Crippen molar-refractivity contribution in [3.05, 3.63) is 64.6 Å². The summed E-state index contributed by atoms with van der Waals surface area (Å²) < 4.78 is 1.02. The summed E-state index contributed by atoms with van der Waals surface area (Å²) in [5.74, 6) is 0.309. The van der Waals surface area contributed by atoms with E-state index in [1.807, 2.05) is 42.5 Å². The Balaban J connectivity index is 1.73. The van der Waals surface area contributed by atoms with Gasteiger partial charge in [-0.3, -0.25) is 4.79 Å². The SMILES string of the molecule is C[C@H](CNC(=O)CNc1ccc(Br)cc1)c1ccccc1. The van der Waals surface area contributed by atoms with E-state index in [1.165, 1.54) is 5.56 Å². The van der Waals surface area contributed by atoms with E-state index in [9.17, 15) is 4.79 Å². The number of hydrogen-bond donors (Lipinski definition) is 2. The molecule has 2 N–H and O–H groups in total. The highest BCUT2D eigenvalue weighted by Crippen LogP contribution is 2.14. The van der Waals surface area contributed by atoms with Crippen molar-refractivity contribution < 1.29 is 4.79 Å². The van der Waals surface area contributed by atoms with Crippen LogP contribution >= 0.6 is 15.9 Å². The lowest BCUT2D eigenvalue weighted by molar-refractivity contribution is -0.119. The monoisotopic (exact) mass is 346 g/mol. The topological polar surface area (TPSA) is 41.1 Å². The van der Waals surface area contributed by atoms with Gasteiger partial charge in [0.1, 0.15) is 0 Å². The molecule has 4 heteroatoms. The number of halogens is 1. The summed E-state index contributed by atoms with van der Waals surface area (Å²) in [6.45, 7) is 3.03. The molecule has 2 aromatic rings. The van der Waals surface area contributed by atoms with Gasteiger partial charge in [0.25, 0.3) is 0 Å². The Labute approximate surface area is 133 Å². The van der Waals surface area contributed by atoms with Crippen LogP contribution in [0.25, 0.3) is 0 Å². The molecule has 0 aliphatic heterocycles. The molecule has 0 spiro atoms. The van der Waals surface area contributed by atoms with Gasteiger partial charge in [-0.05, 0) is 35.7 Å². The van der Waals surface area contributed by atoms with Gasteiger partial charge < -0.3 is 10.6 Å². The van der Waals surface area contributed by atoms with Gasteiger partial charge in [0, 0.05) is 16.7 Å². The fraction of sp³-hybridized carbons (Fsp3) is 0.235. The Morgan fingerprint density at radius 1 is 1.10 bits per heavy atom. The van der Waals surface area contributed by atoms with Gasteiger partial charge in [0.05, 0.1) is 6.54 Å². The highest BCUT2D eigenvalue weighted by atomic mass is 79.9. The molecule has 0 fully saturated rings. The molecule has 2 aromatic carbocycles. The van der Waals surface area contributed by atoms with Crippen molar-refractivity contribution in [1.82, 2.24) is 5.32 Å². The van der Waals surface area contributed by atoms with E-state index in [2.05, 4.69) is 45.6 Å². The van der Waals surface area contributed by atoms with Gasteiger partial charge in [0.15, 0.2) is 0 Å². The number of carbonyl (C=O) groups excluding carboxylic acids is 1. The van der Waals surface area contributed by atoms with Crippen LogP contribution in [-0.4, -0.2) is 19.0 Å². The number of rotatable bonds is 6. The molecule has 0 bridgehead atoms. The first-order valence-corrected chi connectivity index (χ1v) is 7.75. The lowest BCUT2D eigenvalue weighted by Crippen LogP contribution is -2.32. The fourth-order valence-electron chi connectivity index (χ4n) is 1.98. The van der Waals surface area contributed by atoms with Crippen molar-refractivity contribution in [3.8, 4) is 0 Å². The van der Waals surface area contributed by atoms with Gasteiger partial charge in [0.2, 0.25) is 5.91 Å². The lowest BCUT2D eigenvalue weighted by atomic mass is 10.0. The first-order valence-electron chi connectivity index (χ1n) is 6.96. The van der Waals surface area contributed by atoms with Crippen LogP contribution in [0.4, 0.5) is 5.69 Å². The number of nitrogens with one attached hydrogen (secondary N) is 2. The zero-order valence-electron chi connectivity index (χ0n) is 12.0. The molecule has 1 amide bonds. The minimum atomic E-state index is 0.000648. The van der Waals surface area contributed by atoms with E-state index >= 15 is 0 Å². The first kappa shape index (κ1) is 15.6. The Bertz CT molecular complexity index is 569. The predicted octanol–water partition coefficient (Wildman–Crippen LogP) is 3.78. The van der Waals surface area contributed by atoms with Crippen molar-refractivity contribution in [1.29, 1.82) is 0 Å². The standard InChI is InChI=1S/C17H19BrN2O/c1-13(14-5-3-2-4-6-14)11-20-17(21)12-19-16-9-7-15(18)8-10-16/h2-10,13,19H,11-12H2,1H3,(H,20,21)/t13-/m1/s1. The molecule has 0 unspecified atom stereocenters. The molecule has 1 atom stereocenters. The first-order chi connectivity index (χ1) is 10.1. The number of hydrogen-bond acceptors (Lipinski definition) is 2. The highest BCUT2D eigenvalue weighted by molar-refractivity contribution is 9.10. The lowest BCUT2D eigenvalue weighted by Gasteiger charge is -2.13. The summed E-state index contributed by atoms with van der Waals surface area (Å²) in [5.41, 5.74) is 2.17. The van der Waals surface area contributed by atoms with Crippen molar-refractivity contribution in [2.24, 2.45) is 0 Å². The Hall–Kier alpha value is -1.81. The number of carbonyl (C=O) groups is 1. The average Bonchev–Trinajstić information content (AvgIpc) is 2.53. The smallest absolute Gasteiger partial charge is 0.239 e. The van der Waals surface area contributed by atoms with Crippen LogP contribution in [0, 0.1) is 0 Å². The average molecular weight is 347 g/mol. The maximum atomic E-state index is 11.8. The normalized spacial score (nSPS) is 11.7. The molecular formula is C17H19BrN2O. The number of anilines is 1. The van der Waals surface area contributed by atoms with Crippen molar-refractivity contribution in [2.45, 2.75) is 12.8 Å². The maximum Gasteiger partial charge on any atom is 0.239 e. The van der Waals surface area contributed by atoms with Crippen LogP contribution < -0.4 is 10.6 Å². The van der Waals surface area contributed by atoms with E-state index in [-0.39, 0.29) is 12.5 Å². The zero-order chi connectivity index (χ0) is 15.1. The van der Waals surface area contributed by atoms with E-state index in [0.717, 1.165) is 10.2 Å². The molecule has 2 rings (SSSR count). The van der Waals surface area contributed by atoms with Crippen LogP contribution in [0.3, 0.4) is 0 Å². The van der Waals surface area contributed by atoms with Gasteiger partial charge in [-0.25, -0.2) is 0 Å². The molecule has 0 saturated heterocycles. The molecule has 3 nitrogen and oxygen atoms in total. The molecule has 0 aromatic heterocycles. The second-order valence-electron chi connectivity index (χ2n) is 4.98. The molecule has 0 saturated carbocycles. The summed E-state index contributed by atoms with van der Waals surface area (Å²) in [4.78, 5) is 11.8. The summed E-state index contributed by atoms with van der Waals surface area (Å²) >= 11 is 3.38. The molecule has 0 radical (unpaired) electrons. The molecule has 0 heterocycles. The van der Waals surface area contributed by atoms with E-state index in [0.29, 0.717) is 12.5 Å². The quantitative estimate of drug-likeness (QED) is 0.835. The zero-order valence-corrected chi connectivity index (χ0v) is 13.6. The van der Waals surface area contributed by atoms with Crippen LogP contribution in [0.15, 0.2) is 59.1 Å². The molecule has 21 heavy (non-hydrogen) atoms. The Morgan fingerprint density at radius 3 is 2.43 bits per heavy atom. The molecule has 0 aliphatic rings. The number of amides is 1. The summed E-state index contributed by atoms with van der Waals surface area (Å²) in [7, 11) is 0. The molecule has 0 aliphatic carbocycles. The van der Waals surface area contributed by atoms with Crippen molar-refractivity contribution in [3.63, 3.8) is 0 Å². The van der Waals surface area contributed by atoms with Crippen LogP contribution in [0.1, 0.15) is 18.4 Å². The van der Waals surface area contributed by atoms with Gasteiger partial charge in [-0.2, -0.15) is 0 Å². The summed E-state index contributed by atoms with van der Waals surface area (Å²) in [6.07, 6.45) is 0. The second-order valence-corrected chi connectivity index (χ2v) is 5.89. The van der Waals surface area contributed by atoms with Crippen molar-refractivity contribution >= 4 is 27.5 Å². The van der Waals surface area contributed by atoms with Gasteiger partial charge in [-0.1, -0.05) is 53.2 Å². The Morgan fingerprint density at radius 2 is 1.76 bits per heavy atom. The minimum Gasteiger partial charge on any atom is -0.376 e. The largest absolute Gasteiger partial charge is 0.376 e. The van der Waals surface area contributed by atoms with Crippen LogP contribution in [0.2, 0.25) is 0 Å². The maximum absolute atomic E-state index is 11.8. The third-order valence-electron chi connectivity index (χ3n) is 3.27. The van der Waals surface area contributed by atoms with E-state index < -0.39 is 0 Å². The van der Waals surface area contributed by atoms with E-state index in [4.69, 9.17) is 0 Å². The summed E-state index contributed by atoms with van der Waals surface area (Å²) in [5, 5.41) is 6.05. The predicted molar refractivity (Wildman–Crippen MR) is 90.5 cm³/mol. The fourth-order valence-corrected chi connectivity index (χ4v) is 2.24. The molecular weight excluding hydrogens is 328 g/mol.